The summed E-state index contributed by atoms with van der Waals surface area (Å²) in [6.45, 7) is 3.24. The third-order valence-corrected chi connectivity index (χ3v) is 2.95. The molecule has 0 aromatic carbocycles. The van der Waals surface area contributed by atoms with Crippen LogP contribution in [0.5, 0.6) is 0 Å². The van der Waals surface area contributed by atoms with Gasteiger partial charge in [0.15, 0.2) is 0 Å². The average molecular weight is 358 g/mol. The highest BCUT2D eigenvalue weighted by atomic mass is 16.6. The van der Waals surface area contributed by atoms with Gasteiger partial charge in [-0.25, -0.2) is 0 Å². The van der Waals surface area contributed by atoms with Crippen molar-refractivity contribution in [1.29, 1.82) is 0 Å². The molecule has 0 aliphatic carbocycles. The topological polar surface area (TPSA) is 127 Å². The van der Waals surface area contributed by atoms with Crippen molar-refractivity contribution < 1.29 is 44.1 Å². The molecule has 24 heavy (non-hydrogen) atoms. The van der Waals surface area contributed by atoms with Gasteiger partial charge in [-0.1, -0.05) is 0 Å². The minimum absolute atomic E-state index is 0.406. The molecule has 9 nitrogen and oxygen atoms in total. The molecule has 0 aromatic rings. The van der Waals surface area contributed by atoms with Gasteiger partial charge >= 0.3 is 0 Å². The Bertz CT molecular complexity index is 195. The highest BCUT2D eigenvalue weighted by Gasteiger charge is 2.26. The van der Waals surface area contributed by atoms with E-state index in [9.17, 15) is 0 Å². The summed E-state index contributed by atoms with van der Waals surface area (Å²) in [6.07, 6.45) is 0. The zero-order valence-electron chi connectivity index (χ0n) is 14.8. The molecular weight excluding hydrogens is 324 g/mol. The zero-order valence-corrected chi connectivity index (χ0v) is 14.8. The summed E-state index contributed by atoms with van der Waals surface area (Å²) in [5.74, 6) is 0. The van der Waals surface area contributed by atoms with Crippen molar-refractivity contribution in [2.75, 3.05) is 93.5 Å². The smallest absolute Gasteiger partial charge is 0.0701 e. The van der Waals surface area contributed by atoms with Crippen molar-refractivity contribution in [2.45, 2.75) is 0 Å². The molecule has 0 atom stereocenters. The number of hydrogen-bond donors (Lipinski definition) is 4. The third-order valence-electron chi connectivity index (χ3n) is 2.95. The maximum absolute atomic E-state index is 8.50. The Hall–Kier alpha value is -0.360. The summed E-state index contributed by atoms with van der Waals surface area (Å²) in [4.78, 5) is 0. The fraction of sp³-hybridized carbons (Fsp3) is 1.00. The number of hydrogen-bond acceptors (Lipinski definition) is 9. The van der Waals surface area contributed by atoms with Crippen LogP contribution in [0.2, 0.25) is 0 Å². The monoisotopic (exact) mass is 358 g/mol. The van der Waals surface area contributed by atoms with E-state index in [1.165, 1.54) is 0 Å². The maximum Gasteiger partial charge on any atom is 0.0701 e. The Labute approximate surface area is 144 Å². The molecule has 0 heterocycles. The lowest BCUT2D eigenvalue weighted by molar-refractivity contribution is -0.0328. The largest absolute Gasteiger partial charge is 0.396 e. The van der Waals surface area contributed by atoms with Gasteiger partial charge in [-0.05, 0) is 0 Å². The van der Waals surface area contributed by atoms with Gasteiger partial charge in [-0.15, -0.1) is 0 Å². The van der Waals surface area contributed by atoms with Crippen LogP contribution in [0.25, 0.3) is 0 Å². The second-order valence-corrected chi connectivity index (χ2v) is 4.96. The van der Waals surface area contributed by atoms with Gasteiger partial charge in [-0.2, -0.15) is 0 Å². The van der Waals surface area contributed by atoms with Crippen molar-refractivity contribution in [3.8, 4) is 0 Å². The average Bonchev–Trinajstić information content (AvgIpc) is 2.63. The standard InChI is InChI=1S/C10H22O5.C5H12O4/c1-11-3-5-13-7-9-15-10-8-14-6-4-12-2;6-1-5(2-7,3-8)4-9/h3-10H2,1-2H3;6-9H,1-4H2. The zero-order chi connectivity index (χ0) is 18.5. The SMILES string of the molecule is COCCOCCOCCOCCOC.OCC(CO)(CO)CO. The molecular formula is C15H34O9. The van der Waals surface area contributed by atoms with Crippen molar-refractivity contribution in [3.63, 3.8) is 0 Å². The normalized spacial score (nSPS) is 11.2. The molecule has 0 spiro atoms. The lowest BCUT2D eigenvalue weighted by Gasteiger charge is -2.23. The van der Waals surface area contributed by atoms with Crippen LogP contribution in [-0.2, 0) is 23.7 Å². The second-order valence-electron chi connectivity index (χ2n) is 4.96. The number of aliphatic hydroxyl groups is 4. The van der Waals surface area contributed by atoms with Crippen LogP contribution in [0.1, 0.15) is 0 Å². The Balaban J connectivity index is 0. The van der Waals surface area contributed by atoms with E-state index < -0.39 is 31.8 Å². The second kappa shape index (κ2) is 20.7. The molecule has 0 aromatic heterocycles. The van der Waals surface area contributed by atoms with Gasteiger partial charge < -0.3 is 44.1 Å². The lowest BCUT2D eigenvalue weighted by atomic mass is 9.93. The van der Waals surface area contributed by atoms with E-state index in [-0.39, 0.29) is 0 Å². The number of aliphatic hydroxyl groups excluding tert-OH is 4. The summed E-state index contributed by atoms with van der Waals surface area (Å²) in [7, 11) is 3.30. The van der Waals surface area contributed by atoms with E-state index in [1.807, 2.05) is 0 Å². The first-order valence-corrected chi connectivity index (χ1v) is 7.81. The van der Waals surface area contributed by atoms with Crippen molar-refractivity contribution in [3.05, 3.63) is 0 Å². The van der Waals surface area contributed by atoms with Gasteiger partial charge in [0.05, 0.1) is 84.7 Å². The first-order chi connectivity index (χ1) is 11.7. The Morgan fingerprint density at radius 3 is 0.917 bits per heavy atom. The molecule has 0 aliphatic rings. The highest BCUT2D eigenvalue weighted by molar-refractivity contribution is 4.74. The molecule has 0 saturated carbocycles. The van der Waals surface area contributed by atoms with Crippen molar-refractivity contribution in [2.24, 2.45) is 5.41 Å². The summed E-state index contributed by atoms with van der Waals surface area (Å²) in [6, 6.07) is 0. The first kappa shape index (κ1) is 25.9. The molecule has 4 N–H and O–H groups in total. The van der Waals surface area contributed by atoms with Gasteiger partial charge in [-0.3, -0.25) is 0 Å². The molecule has 148 valence electrons. The molecule has 0 aliphatic heterocycles. The molecule has 9 heteroatoms. The number of rotatable bonds is 16. The quantitative estimate of drug-likeness (QED) is 0.238. The third kappa shape index (κ3) is 16.5. The number of methoxy groups -OCH3 is 2. The Morgan fingerprint density at radius 2 is 0.750 bits per heavy atom. The van der Waals surface area contributed by atoms with Crippen molar-refractivity contribution >= 4 is 0 Å². The molecule has 0 rings (SSSR count). The predicted octanol–water partition coefficient (Wildman–Crippen LogP) is -1.73. The number of ether oxygens (including phenoxy) is 5. The maximum atomic E-state index is 8.50. The fourth-order valence-electron chi connectivity index (χ4n) is 1.13. The van der Waals surface area contributed by atoms with Crippen LogP contribution in [0.15, 0.2) is 0 Å². The van der Waals surface area contributed by atoms with Gasteiger partial charge in [0.25, 0.3) is 0 Å². The Morgan fingerprint density at radius 1 is 0.500 bits per heavy atom. The summed E-state index contributed by atoms with van der Waals surface area (Å²) < 4.78 is 25.3. The molecule has 0 bridgehead atoms. The van der Waals surface area contributed by atoms with E-state index in [2.05, 4.69) is 0 Å². The van der Waals surface area contributed by atoms with E-state index in [0.29, 0.717) is 52.9 Å². The first-order valence-electron chi connectivity index (χ1n) is 7.81. The summed E-state index contributed by atoms with van der Waals surface area (Å²) >= 11 is 0. The van der Waals surface area contributed by atoms with Crippen LogP contribution in [0, 0.1) is 5.41 Å². The Kier molecular flexibility index (Phi) is 22.3. The van der Waals surface area contributed by atoms with Gasteiger partial charge in [0.2, 0.25) is 0 Å². The van der Waals surface area contributed by atoms with E-state index in [4.69, 9.17) is 44.1 Å². The molecule has 0 saturated heterocycles. The fourth-order valence-corrected chi connectivity index (χ4v) is 1.13. The predicted molar refractivity (Wildman–Crippen MR) is 87.0 cm³/mol. The van der Waals surface area contributed by atoms with Gasteiger partial charge in [0.1, 0.15) is 0 Å². The summed E-state index contributed by atoms with van der Waals surface area (Å²) in [5.41, 5.74) is -1.11. The van der Waals surface area contributed by atoms with Crippen LogP contribution in [-0.4, -0.2) is 114 Å². The van der Waals surface area contributed by atoms with Gasteiger partial charge in [0, 0.05) is 14.2 Å². The minimum atomic E-state index is -1.11. The van der Waals surface area contributed by atoms with Crippen molar-refractivity contribution in [1.82, 2.24) is 0 Å². The molecule has 0 unspecified atom stereocenters. The molecule has 0 radical (unpaired) electrons. The lowest BCUT2D eigenvalue weighted by Crippen LogP contribution is -2.37. The van der Waals surface area contributed by atoms with Crippen LogP contribution >= 0.6 is 0 Å². The molecule has 0 fully saturated rings. The summed E-state index contributed by atoms with van der Waals surface area (Å²) in [5, 5.41) is 34.0. The van der Waals surface area contributed by atoms with Crippen LogP contribution < -0.4 is 0 Å². The van der Waals surface area contributed by atoms with E-state index >= 15 is 0 Å². The van der Waals surface area contributed by atoms with Crippen LogP contribution in [0.4, 0.5) is 0 Å². The van der Waals surface area contributed by atoms with E-state index in [0.717, 1.165) is 0 Å². The molecule has 0 amide bonds. The van der Waals surface area contributed by atoms with E-state index in [1.54, 1.807) is 14.2 Å². The minimum Gasteiger partial charge on any atom is -0.396 e. The highest BCUT2D eigenvalue weighted by Crippen LogP contribution is 2.11. The van der Waals surface area contributed by atoms with Crippen LogP contribution in [0.3, 0.4) is 0 Å².